The van der Waals surface area contributed by atoms with E-state index < -0.39 is 0 Å². The van der Waals surface area contributed by atoms with Crippen LogP contribution in [0.1, 0.15) is 80.1 Å². The SMILES string of the molecule is CCC(C)CCC(C)C[n+]1ccc(-c2cc[n+](CCC(C)CC(C)CC)cc2)cc1. The van der Waals surface area contributed by atoms with Crippen LogP contribution in [0.5, 0.6) is 0 Å². The zero-order chi connectivity index (χ0) is 21.9. The number of hydrogen-bond acceptors (Lipinski definition) is 0. The van der Waals surface area contributed by atoms with Crippen LogP contribution >= 0.6 is 0 Å². The molecule has 30 heavy (non-hydrogen) atoms. The predicted octanol–water partition coefficient (Wildman–Crippen LogP) is 6.85. The highest BCUT2D eigenvalue weighted by molar-refractivity contribution is 5.60. The third kappa shape index (κ3) is 8.58. The van der Waals surface area contributed by atoms with Crippen molar-refractivity contribution in [1.82, 2.24) is 0 Å². The lowest BCUT2D eigenvalue weighted by atomic mass is 9.93. The summed E-state index contributed by atoms with van der Waals surface area (Å²) in [4.78, 5) is 0. The summed E-state index contributed by atoms with van der Waals surface area (Å²) < 4.78 is 4.67. The molecule has 0 bridgehead atoms. The Hall–Kier alpha value is -1.70. The number of pyridine rings is 2. The van der Waals surface area contributed by atoms with Gasteiger partial charge in [0.2, 0.25) is 0 Å². The Morgan fingerprint density at radius 2 is 1.10 bits per heavy atom. The number of aromatic nitrogens is 2. The number of rotatable bonds is 13. The highest BCUT2D eigenvalue weighted by atomic mass is 14.9. The van der Waals surface area contributed by atoms with E-state index in [0.717, 1.165) is 36.8 Å². The molecule has 0 saturated carbocycles. The summed E-state index contributed by atoms with van der Waals surface area (Å²) in [5.74, 6) is 3.22. The molecule has 0 amide bonds. The van der Waals surface area contributed by atoms with Crippen molar-refractivity contribution in [1.29, 1.82) is 0 Å². The minimum Gasteiger partial charge on any atom is -0.205 e. The van der Waals surface area contributed by atoms with Crippen molar-refractivity contribution < 1.29 is 9.13 Å². The van der Waals surface area contributed by atoms with Crippen LogP contribution in [-0.2, 0) is 13.1 Å². The van der Waals surface area contributed by atoms with Gasteiger partial charge < -0.3 is 0 Å². The van der Waals surface area contributed by atoms with Gasteiger partial charge in [-0.15, -0.1) is 0 Å². The molecule has 2 nitrogen and oxygen atoms in total. The van der Waals surface area contributed by atoms with E-state index in [0.29, 0.717) is 0 Å². The molecule has 0 aliphatic heterocycles. The molecule has 0 N–H and O–H groups in total. The molecule has 0 fully saturated rings. The first-order valence-electron chi connectivity index (χ1n) is 12.4. The first kappa shape index (κ1) is 24.6. The van der Waals surface area contributed by atoms with Crippen LogP contribution in [0.3, 0.4) is 0 Å². The molecular weight excluding hydrogens is 364 g/mol. The van der Waals surface area contributed by atoms with E-state index in [2.05, 4.69) is 99.7 Å². The van der Waals surface area contributed by atoms with Gasteiger partial charge in [0.25, 0.3) is 0 Å². The van der Waals surface area contributed by atoms with Gasteiger partial charge in [-0.1, -0.05) is 60.8 Å². The average Bonchev–Trinajstić information content (AvgIpc) is 2.76. The Morgan fingerprint density at radius 3 is 1.63 bits per heavy atom. The molecule has 2 heteroatoms. The minimum absolute atomic E-state index is 0.730. The zero-order valence-electron chi connectivity index (χ0n) is 20.5. The van der Waals surface area contributed by atoms with Gasteiger partial charge >= 0.3 is 0 Å². The summed E-state index contributed by atoms with van der Waals surface area (Å²) in [6, 6.07) is 9.03. The van der Waals surface area contributed by atoms with Gasteiger partial charge in [0.05, 0.1) is 0 Å². The second-order valence-corrected chi connectivity index (χ2v) is 9.95. The lowest BCUT2D eigenvalue weighted by molar-refractivity contribution is -0.702. The maximum Gasteiger partial charge on any atom is 0.169 e. The quantitative estimate of drug-likeness (QED) is 0.319. The van der Waals surface area contributed by atoms with E-state index in [4.69, 9.17) is 0 Å². The minimum atomic E-state index is 0.730. The van der Waals surface area contributed by atoms with Crippen molar-refractivity contribution in [2.75, 3.05) is 0 Å². The molecular formula is C28H46N2+2. The lowest BCUT2D eigenvalue weighted by Crippen LogP contribution is -2.36. The first-order valence-corrected chi connectivity index (χ1v) is 12.4. The molecule has 0 saturated heterocycles. The van der Waals surface area contributed by atoms with Gasteiger partial charge in [0.1, 0.15) is 6.54 Å². The molecule has 2 heterocycles. The normalized spacial score (nSPS) is 15.5. The molecule has 4 atom stereocenters. The smallest absolute Gasteiger partial charge is 0.169 e. The summed E-state index contributed by atoms with van der Waals surface area (Å²) >= 11 is 0. The number of aryl methyl sites for hydroxylation is 1. The van der Waals surface area contributed by atoms with Crippen molar-refractivity contribution in [3.63, 3.8) is 0 Å². The summed E-state index contributed by atoms with van der Waals surface area (Å²) in [5.41, 5.74) is 2.60. The largest absolute Gasteiger partial charge is 0.205 e. The second-order valence-electron chi connectivity index (χ2n) is 9.95. The fourth-order valence-corrected chi connectivity index (χ4v) is 4.14. The highest BCUT2D eigenvalue weighted by Gasteiger charge is 2.13. The van der Waals surface area contributed by atoms with Crippen molar-refractivity contribution in [3.05, 3.63) is 49.1 Å². The molecule has 2 aromatic rings. The van der Waals surface area contributed by atoms with Crippen LogP contribution < -0.4 is 9.13 Å². The fraction of sp³-hybridized carbons (Fsp3) is 0.643. The van der Waals surface area contributed by atoms with Gasteiger partial charge in [0, 0.05) is 36.6 Å². The molecule has 166 valence electrons. The summed E-state index contributed by atoms with van der Waals surface area (Å²) in [6.07, 6.45) is 16.8. The Morgan fingerprint density at radius 1 is 0.600 bits per heavy atom. The molecule has 2 rings (SSSR count). The molecule has 0 radical (unpaired) electrons. The zero-order valence-corrected chi connectivity index (χ0v) is 20.5. The Labute approximate surface area is 186 Å². The summed E-state index contributed by atoms with van der Waals surface area (Å²) in [6.45, 7) is 16.3. The van der Waals surface area contributed by atoms with Crippen LogP contribution in [0.4, 0.5) is 0 Å². The van der Waals surface area contributed by atoms with E-state index in [-0.39, 0.29) is 0 Å². The fourth-order valence-electron chi connectivity index (χ4n) is 4.14. The molecule has 2 aromatic heterocycles. The van der Waals surface area contributed by atoms with Gasteiger partial charge in [0.15, 0.2) is 31.3 Å². The van der Waals surface area contributed by atoms with Crippen LogP contribution in [0.15, 0.2) is 49.1 Å². The van der Waals surface area contributed by atoms with E-state index in [9.17, 15) is 0 Å². The van der Waals surface area contributed by atoms with E-state index in [1.54, 1.807) is 0 Å². The molecule has 0 aliphatic carbocycles. The topological polar surface area (TPSA) is 7.76 Å². The van der Waals surface area contributed by atoms with E-state index >= 15 is 0 Å². The van der Waals surface area contributed by atoms with Crippen molar-refractivity contribution in [3.8, 4) is 11.1 Å². The van der Waals surface area contributed by atoms with Gasteiger partial charge in [-0.3, -0.25) is 0 Å². The number of nitrogens with zero attached hydrogens (tertiary/aromatic N) is 2. The highest BCUT2D eigenvalue weighted by Crippen LogP contribution is 2.19. The van der Waals surface area contributed by atoms with Gasteiger partial charge in [-0.05, 0) is 41.7 Å². The standard InChI is InChI=1S/C28H46N2/c1-7-23(3)9-10-26(6)22-30-19-14-28(15-20-30)27-12-17-29(18-13-27)16-11-25(5)21-24(4)8-2/h12-15,17-20,23-26H,7-11,16,21-22H2,1-6H3/q+2. The predicted molar refractivity (Wildman–Crippen MR) is 128 cm³/mol. The molecule has 0 aliphatic rings. The maximum atomic E-state index is 2.39. The van der Waals surface area contributed by atoms with Crippen molar-refractivity contribution in [2.45, 2.75) is 93.2 Å². The number of hydrogen-bond donors (Lipinski definition) is 0. The van der Waals surface area contributed by atoms with Crippen molar-refractivity contribution >= 4 is 0 Å². The summed E-state index contributed by atoms with van der Waals surface area (Å²) in [7, 11) is 0. The van der Waals surface area contributed by atoms with E-state index in [1.807, 2.05) is 0 Å². The van der Waals surface area contributed by atoms with Crippen LogP contribution in [0.25, 0.3) is 11.1 Å². The lowest BCUT2D eigenvalue weighted by Gasteiger charge is -2.14. The third-order valence-corrected chi connectivity index (χ3v) is 6.87. The summed E-state index contributed by atoms with van der Waals surface area (Å²) in [5, 5.41) is 0. The molecule has 4 unspecified atom stereocenters. The first-order chi connectivity index (χ1) is 14.4. The second kappa shape index (κ2) is 12.9. The average molecular weight is 411 g/mol. The Kier molecular flexibility index (Phi) is 10.5. The Balaban J connectivity index is 1.84. The van der Waals surface area contributed by atoms with Crippen molar-refractivity contribution in [2.24, 2.45) is 23.7 Å². The van der Waals surface area contributed by atoms with Crippen LogP contribution in [0.2, 0.25) is 0 Å². The van der Waals surface area contributed by atoms with Crippen LogP contribution in [0, 0.1) is 23.7 Å². The van der Waals surface area contributed by atoms with Crippen LogP contribution in [-0.4, -0.2) is 0 Å². The maximum absolute atomic E-state index is 2.39. The Bertz CT molecular complexity index is 704. The van der Waals surface area contributed by atoms with E-state index in [1.165, 1.54) is 49.7 Å². The molecule has 0 aromatic carbocycles. The molecule has 0 spiro atoms. The third-order valence-electron chi connectivity index (χ3n) is 6.87. The van der Waals surface area contributed by atoms with Gasteiger partial charge in [-0.2, -0.15) is 0 Å². The monoisotopic (exact) mass is 410 g/mol. The van der Waals surface area contributed by atoms with Gasteiger partial charge in [-0.25, -0.2) is 9.13 Å².